The maximum atomic E-state index is 13.6. The summed E-state index contributed by atoms with van der Waals surface area (Å²) in [4.78, 5) is 26.2. The minimum Gasteiger partial charge on any atom is -0.493 e. The summed E-state index contributed by atoms with van der Waals surface area (Å²) >= 11 is 0. The van der Waals surface area contributed by atoms with Gasteiger partial charge in [0.2, 0.25) is 5.91 Å². The van der Waals surface area contributed by atoms with Gasteiger partial charge in [-0.05, 0) is 37.6 Å². The summed E-state index contributed by atoms with van der Waals surface area (Å²) in [5.74, 6) is -0.789. The Hall–Kier alpha value is -2.15. The fraction of sp³-hybridized carbons (Fsp3) is 0.500. The maximum absolute atomic E-state index is 13.6. The fourth-order valence-corrected chi connectivity index (χ4v) is 2.58. The third kappa shape index (κ3) is 3.98. The van der Waals surface area contributed by atoms with Crippen molar-refractivity contribution >= 4 is 11.8 Å². The van der Waals surface area contributed by atoms with Crippen molar-refractivity contribution in [3.63, 3.8) is 0 Å². The van der Waals surface area contributed by atoms with Crippen LogP contribution >= 0.6 is 0 Å². The van der Waals surface area contributed by atoms with E-state index in [1.54, 1.807) is 0 Å². The number of nitrogens with one attached hydrogen (secondary N) is 1. The van der Waals surface area contributed by atoms with Gasteiger partial charge in [-0.2, -0.15) is 0 Å². The van der Waals surface area contributed by atoms with E-state index in [0.717, 1.165) is 6.07 Å². The lowest BCUT2D eigenvalue weighted by atomic mass is 10.1. The van der Waals surface area contributed by atoms with Crippen molar-refractivity contribution in [2.24, 2.45) is 5.73 Å². The molecule has 1 aromatic rings. The van der Waals surface area contributed by atoms with E-state index < -0.39 is 17.8 Å². The molecule has 0 saturated carbocycles. The van der Waals surface area contributed by atoms with E-state index in [1.165, 1.54) is 17.0 Å². The number of nitrogens with zero attached hydrogens (tertiary/aromatic N) is 1. The van der Waals surface area contributed by atoms with Gasteiger partial charge in [0.15, 0.2) is 0 Å². The molecular formula is C16H22FN3O3. The first kappa shape index (κ1) is 17.2. The molecule has 1 unspecified atom stereocenters. The molecule has 1 fully saturated rings. The van der Waals surface area contributed by atoms with Crippen LogP contribution in [0.25, 0.3) is 0 Å². The number of rotatable bonds is 6. The van der Waals surface area contributed by atoms with Gasteiger partial charge < -0.3 is 20.7 Å². The molecule has 0 radical (unpaired) electrons. The number of benzene rings is 1. The molecule has 1 aliphatic rings. The molecular weight excluding hydrogens is 301 g/mol. The van der Waals surface area contributed by atoms with Crippen LogP contribution in [0.3, 0.4) is 0 Å². The van der Waals surface area contributed by atoms with Crippen LogP contribution < -0.4 is 15.8 Å². The molecule has 23 heavy (non-hydrogen) atoms. The van der Waals surface area contributed by atoms with Crippen LogP contribution in [0.15, 0.2) is 18.2 Å². The summed E-state index contributed by atoms with van der Waals surface area (Å²) in [6.07, 6.45) is 1.13. The number of carbonyl (C=O) groups excluding carboxylic acids is 2. The standard InChI is InChI=1S/C16H22FN3O3/c1-2-13-15(21)19-7-8-20(13)16(22)12-10-11(17)4-5-14(12)23-9-3-6-18/h4-5,10,13H,2-3,6-9,18H2,1H3,(H,19,21). The van der Waals surface area contributed by atoms with Gasteiger partial charge in [-0.3, -0.25) is 9.59 Å². The van der Waals surface area contributed by atoms with Gasteiger partial charge in [0.25, 0.3) is 5.91 Å². The van der Waals surface area contributed by atoms with Gasteiger partial charge in [0, 0.05) is 13.1 Å². The Morgan fingerprint density at radius 2 is 2.30 bits per heavy atom. The first-order valence-electron chi connectivity index (χ1n) is 7.79. The highest BCUT2D eigenvalue weighted by Crippen LogP contribution is 2.24. The van der Waals surface area contributed by atoms with Crippen LogP contribution in [-0.4, -0.2) is 49.0 Å². The fourth-order valence-electron chi connectivity index (χ4n) is 2.58. The van der Waals surface area contributed by atoms with E-state index in [2.05, 4.69) is 5.32 Å². The predicted molar refractivity (Wildman–Crippen MR) is 83.7 cm³/mol. The first-order valence-corrected chi connectivity index (χ1v) is 7.79. The number of amides is 2. The van der Waals surface area contributed by atoms with Crippen LogP contribution in [0.1, 0.15) is 30.1 Å². The van der Waals surface area contributed by atoms with Gasteiger partial charge in [0.1, 0.15) is 17.6 Å². The van der Waals surface area contributed by atoms with Crippen molar-refractivity contribution in [3.05, 3.63) is 29.6 Å². The summed E-state index contributed by atoms with van der Waals surface area (Å²) in [6, 6.07) is 3.29. The van der Waals surface area contributed by atoms with Crippen LogP contribution in [0.5, 0.6) is 5.75 Å². The molecule has 2 amide bonds. The Morgan fingerprint density at radius 1 is 1.52 bits per heavy atom. The van der Waals surface area contributed by atoms with Crippen LogP contribution in [-0.2, 0) is 4.79 Å². The van der Waals surface area contributed by atoms with Crippen LogP contribution in [0.4, 0.5) is 4.39 Å². The Labute approximate surface area is 134 Å². The second-order valence-electron chi connectivity index (χ2n) is 5.34. The molecule has 0 spiro atoms. The second kappa shape index (κ2) is 7.92. The quantitative estimate of drug-likeness (QED) is 0.762. The number of nitrogens with two attached hydrogens (primary N) is 1. The van der Waals surface area contributed by atoms with Gasteiger partial charge in [-0.15, -0.1) is 0 Å². The smallest absolute Gasteiger partial charge is 0.258 e. The average molecular weight is 323 g/mol. The highest BCUT2D eigenvalue weighted by atomic mass is 19.1. The van der Waals surface area contributed by atoms with E-state index in [-0.39, 0.29) is 11.5 Å². The molecule has 1 aliphatic heterocycles. The number of hydrogen-bond acceptors (Lipinski definition) is 4. The number of piperazine rings is 1. The minimum absolute atomic E-state index is 0.134. The monoisotopic (exact) mass is 323 g/mol. The molecule has 2 rings (SSSR count). The summed E-state index contributed by atoms with van der Waals surface area (Å²) < 4.78 is 19.1. The van der Waals surface area contributed by atoms with Crippen molar-refractivity contribution in [2.75, 3.05) is 26.2 Å². The van der Waals surface area contributed by atoms with E-state index in [4.69, 9.17) is 10.5 Å². The lowest BCUT2D eigenvalue weighted by Gasteiger charge is -2.34. The maximum Gasteiger partial charge on any atom is 0.258 e. The summed E-state index contributed by atoms with van der Waals surface area (Å²) in [7, 11) is 0. The average Bonchev–Trinajstić information content (AvgIpc) is 2.55. The zero-order valence-electron chi connectivity index (χ0n) is 13.2. The zero-order chi connectivity index (χ0) is 16.8. The molecule has 1 atom stereocenters. The molecule has 3 N–H and O–H groups in total. The van der Waals surface area contributed by atoms with Gasteiger partial charge in [-0.25, -0.2) is 4.39 Å². The third-order valence-corrected chi connectivity index (χ3v) is 3.76. The largest absolute Gasteiger partial charge is 0.493 e. The zero-order valence-corrected chi connectivity index (χ0v) is 13.2. The Kier molecular flexibility index (Phi) is 5.92. The molecule has 7 heteroatoms. The summed E-state index contributed by atoms with van der Waals surface area (Å²) in [6.45, 7) is 3.43. The molecule has 1 heterocycles. The summed E-state index contributed by atoms with van der Waals surface area (Å²) in [5.41, 5.74) is 5.56. The van der Waals surface area contributed by atoms with Crippen molar-refractivity contribution in [1.29, 1.82) is 0 Å². The van der Waals surface area contributed by atoms with Gasteiger partial charge in [-0.1, -0.05) is 6.92 Å². The number of ether oxygens (including phenoxy) is 1. The molecule has 6 nitrogen and oxygen atoms in total. The Morgan fingerprint density at radius 3 is 3.00 bits per heavy atom. The molecule has 0 aromatic heterocycles. The topological polar surface area (TPSA) is 84.7 Å². The van der Waals surface area contributed by atoms with Crippen LogP contribution in [0, 0.1) is 5.82 Å². The lowest BCUT2D eigenvalue weighted by molar-refractivity contribution is -0.127. The van der Waals surface area contributed by atoms with Gasteiger partial charge in [0.05, 0.1) is 12.2 Å². The van der Waals surface area contributed by atoms with Crippen molar-refractivity contribution in [1.82, 2.24) is 10.2 Å². The van der Waals surface area contributed by atoms with E-state index in [9.17, 15) is 14.0 Å². The molecule has 126 valence electrons. The van der Waals surface area contributed by atoms with Crippen molar-refractivity contribution < 1.29 is 18.7 Å². The van der Waals surface area contributed by atoms with E-state index >= 15 is 0 Å². The third-order valence-electron chi connectivity index (χ3n) is 3.76. The highest BCUT2D eigenvalue weighted by molar-refractivity contribution is 6.00. The molecule has 0 bridgehead atoms. The normalized spacial score (nSPS) is 17.8. The number of halogens is 1. The molecule has 1 aromatic carbocycles. The van der Waals surface area contributed by atoms with Crippen molar-refractivity contribution in [2.45, 2.75) is 25.8 Å². The SMILES string of the molecule is CCC1C(=O)NCCN1C(=O)c1cc(F)ccc1OCCCN. The number of carbonyl (C=O) groups is 2. The van der Waals surface area contributed by atoms with Crippen LogP contribution in [0.2, 0.25) is 0 Å². The molecule has 1 saturated heterocycles. The van der Waals surface area contributed by atoms with E-state index in [0.29, 0.717) is 44.8 Å². The lowest BCUT2D eigenvalue weighted by Crippen LogP contribution is -2.56. The predicted octanol–water partition coefficient (Wildman–Crippen LogP) is 0.904. The molecule has 0 aliphatic carbocycles. The second-order valence-corrected chi connectivity index (χ2v) is 5.34. The minimum atomic E-state index is -0.545. The van der Waals surface area contributed by atoms with Gasteiger partial charge >= 0.3 is 0 Å². The summed E-state index contributed by atoms with van der Waals surface area (Å²) in [5, 5.41) is 2.74. The highest BCUT2D eigenvalue weighted by Gasteiger charge is 2.33. The number of hydrogen-bond donors (Lipinski definition) is 2. The first-order chi connectivity index (χ1) is 11.1. The Balaban J connectivity index is 2.26. The van der Waals surface area contributed by atoms with Crippen molar-refractivity contribution in [3.8, 4) is 5.75 Å². The Bertz CT molecular complexity index is 580. The van der Waals surface area contributed by atoms with E-state index in [1.807, 2.05) is 6.92 Å².